The van der Waals surface area contributed by atoms with Crippen molar-refractivity contribution in [1.82, 2.24) is 19.6 Å². The summed E-state index contributed by atoms with van der Waals surface area (Å²) in [4.78, 5) is 12.6. The fourth-order valence-electron chi connectivity index (χ4n) is 3.54. The van der Waals surface area contributed by atoms with Crippen LogP contribution < -0.4 is 10.1 Å². The van der Waals surface area contributed by atoms with E-state index >= 15 is 0 Å². The first kappa shape index (κ1) is 20.8. The van der Waals surface area contributed by atoms with Gasteiger partial charge in [0.15, 0.2) is 12.4 Å². The third-order valence-electron chi connectivity index (χ3n) is 5.15. The second-order valence-electron chi connectivity index (χ2n) is 7.49. The lowest BCUT2D eigenvalue weighted by Gasteiger charge is -2.06. The molecular weight excluding hydrogens is 438 g/mol. The zero-order valence-corrected chi connectivity index (χ0v) is 18.3. The number of ether oxygens (including phenoxy) is 1. The normalized spacial score (nSPS) is 10.9. The Morgan fingerprint density at radius 1 is 0.970 bits per heavy atom. The predicted molar refractivity (Wildman–Crippen MR) is 128 cm³/mol. The third kappa shape index (κ3) is 4.88. The maximum atomic E-state index is 12.6. The molecule has 5 rings (SSSR count). The number of nitrogens with zero attached hydrogens (tertiary/aromatic N) is 4. The summed E-state index contributed by atoms with van der Waals surface area (Å²) in [5.74, 6) is 0.351. The zero-order chi connectivity index (χ0) is 22.6. The monoisotopic (exact) mass is 457 g/mol. The summed E-state index contributed by atoms with van der Waals surface area (Å²) < 4.78 is 9.00. The second kappa shape index (κ2) is 9.18. The lowest BCUT2D eigenvalue weighted by atomic mass is 10.0. The van der Waals surface area contributed by atoms with Crippen molar-refractivity contribution >= 4 is 34.0 Å². The molecule has 0 bridgehead atoms. The predicted octanol–water partition coefficient (Wildman–Crippen LogP) is 5.22. The van der Waals surface area contributed by atoms with Gasteiger partial charge in [-0.2, -0.15) is 10.2 Å². The van der Waals surface area contributed by atoms with Gasteiger partial charge in [0.25, 0.3) is 5.91 Å². The van der Waals surface area contributed by atoms with Crippen molar-refractivity contribution in [3.8, 4) is 5.75 Å². The SMILES string of the molecule is O=C(Nc1cnn(Cc2cccc3ccccc23)c1)c1ccn(COc2ccc(Cl)cc2)n1. The summed E-state index contributed by atoms with van der Waals surface area (Å²) in [7, 11) is 0. The number of aromatic nitrogens is 4. The smallest absolute Gasteiger partial charge is 0.276 e. The summed E-state index contributed by atoms with van der Waals surface area (Å²) in [6.07, 6.45) is 5.12. The molecule has 0 fully saturated rings. The van der Waals surface area contributed by atoms with Gasteiger partial charge in [-0.3, -0.25) is 9.48 Å². The molecule has 3 aromatic carbocycles. The minimum Gasteiger partial charge on any atom is -0.471 e. The quantitative estimate of drug-likeness (QED) is 0.363. The summed E-state index contributed by atoms with van der Waals surface area (Å²) in [6.45, 7) is 0.783. The van der Waals surface area contributed by atoms with Gasteiger partial charge in [0.05, 0.1) is 18.4 Å². The van der Waals surface area contributed by atoms with Crippen LogP contribution in [0.25, 0.3) is 10.8 Å². The van der Waals surface area contributed by atoms with E-state index in [4.69, 9.17) is 16.3 Å². The van der Waals surface area contributed by atoms with Crippen molar-refractivity contribution in [3.05, 3.63) is 108 Å². The lowest BCUT2D eigenvalue weighted by Crippen LogP contribution is -2.14. The van der Waals surface area contributed by atoms with E-state index in [2.05, 4.69) is 39.8 Å². The zero-order valence-electron chi connectivity index (χ0n) is 17.6. The number of fused-ring (bicyclic) bond motifs is 1. The number of halogens is 1. The maximum absolute atomic E-state index is 12.6. The molecule has 2 aromatic heterocycles. The van der Waals surface area contributed by atoms with Gasteiger partial charge < -0.3 is 10.1 Å². The maximum Gasteiger partial charge on any atom is 0.276 e. The van der Waals surface area contributed by atoms with Gasteiger partial charge in [-0.05, 0) is 46.7 Å². The summed E-state index contributed by atoms with van der Waals surface area (Å²) in [5.41, 5.74) is 2.05. The molecule has 2 heterocycles. The number of carbonyl (C=O) groups excluding carboxylic acids is 1. The molecule has 0 aliphatic carbocycles. The number of rotatable bonds is 7. The average Bonchev–Trinajstić information content (AvgIpc) is 3.49. The van der Waals surface area contributed by atoms with Crippen molar-refractivity contribution in [2.75, 3.05) is 5.32 Å². The highest BCUT2D eigenvalue weighted by atomic mass is 35.5. The number of hydrogen-bond donors (Lipinski definition) is 1. The summed E-state index contributed by atoms with van der Waals surface area (Å²) >= 11 is 5.88. The molecule has 0 atom stereocenters. The molecule has 0 radical (unpaired) electrons. The van der Waals surface area contributed by atoms with Crippen LogP contribution in [-0.4, -0.2) is 25.5 Å². The Morgan fingerprint density at radius 2 is 1.79 bits per heavy atom. The van der Waals surface area contributed by atoms with Gasteiger partial charge in [-0.25, -0.2) is 4.68 Å². The Morgan fingerprint density at radius 3 is 2.67 bits per heavy atom. The molecular formula is C25H20ClN5O2. The van der Waals surface area contributed by atoms with Crippen LogP contribution in [0.4, 0.5) is 5.69 Å². The van der Waals surface area contributed by atoms with Crippen LogP contribution in [-0.2, 0) is 13.3 Å². The highest BCUT2D eigenvalue weighted by Crippen LogP contribution is 2.20. The van der Waals surface area contributed by atoms with Crippen LogP contribution in [0, 0.1) is 0 Å². The van der Waals surface area contributed by atoms with E-state index in [-0.39, 0.29) is 18.3 Å². The number of carbonyl (C=O) groups is 1. The third-order valence-corrected chi connectivity index (χ3v) is 5.41. The number of hydrogen-bond acceptors (Lipinski definition) is 4. The van der Waals surface area contributed by atoms with Crippen LogP contribution in [0.15, 0.2) is 91.4 Å². The Hall–Kier alpha value is -4.10. The summed E-state index contributed by atoms with van der Waals surface area (Å²) in [6, 6.07) is 23.1. The number of benzene rings is 3. The van der Waals surface area contributed by atoms with Gasteiger partial charge in [0, 0.05) is 17.4 Å². The first-order valence-electron chi connectivity index (χ1n) is 10.4. The van der Waals surface area contributed by atoms with Crippen molar-refractivity contribution in [2.45, 2.75) is 13.3 Å². The molecule has 7 nitrogen and oxygen atoms in total. The molecule has 8 heteroatoms. The van der Waals surface area contributed by atoms with E-state index in [1.807, 2.05) is 18.2 Å². The molecule has 5 aromatic rings. The van der Waals surface area contributed by atoms with Crippen LogP contribution in [0.1, 0.15) is 16.1 Å². The Kier molecular flexibility index (Phi) is 5.78. The molecule has 164 valence electrons. The van der Waals surface area contributed by atoms with E-state index in [1.165, 1.54) is 10.8 Å². The van der Waals surface area contributed by atoms with E-state index < -0.39 is 0 Å². The first-order valence-corrected chi connectivity index (χ1v) is 10.7. The molecule has 0 aliphatic heterocycles. The van der Waals surface area contributed by atoms with Crippen molar-refractivity contribution in [3.63, 3.8) is 0 Å². The number of anilines is 1. The number of amides is 1. The van der Waals surface area contributed by atoms with Crippen LogP contribution >= 0.6 is 11.6 Å². The lowest BCUT2D eigenvalue weighted by molar-refractivity contribution is 0.102. The molecule has 1 amide bonds. The fraction of sp³-hybridized carbons (Fsp3) is 0.0800. The standard InChI is InChI=1S/C25H20ClN5O2/c26-20-8-10-22(11-9-20)33-17-30-13-12-24(29-30)25(32)28-21-14-27-31(16-21)15-19-6-3-5-18-4-1-2-7-23(18)19/h1-14,16H,15,17H2,(H,28,32). The average molecular weight is 458 g/mol. The largest absolute Gasteiger partial charge is 0.471 e. The Balaban J connectivity index is 1.21. The molecule has 1 N–H and O–H groups in total. The van der Waals surface area contributed by atoms with E-state index in [0.717, 1.165) is 5.56 Å². The highest BCUT2D eigenvalue weighted by molar-refractivity contribution is 6.30. The molecule has 33 heavy (non-hydrogen) atoms. The van der Waals surface area contributed by atoms with Crippen molar-refractivity contribution in [2.24, 2.45) is 0 Å². The van der Waals surface area contributed by atoms with E-state index in [1.54, 1.807) is 58.3 Å². The topological polar surface area (TPSA) is 74.0 Å². The van der Waals surface area contributed by atoms with Crippen molar-refractivity contribution in [1.29, 1.82) is 0 Å². The minimum absolute atomic E-state index is 0.178. The van der Waals surface area contributed by atoms with E-state index in [9.17, 15) is 4.79 Å². The van der Waals surface area contributed by atoms with Gasteiger partial charge >= 0.3 is 0 Å². The van der Waals surface area contributed by atoms with Gasteiger partial charge in [-0.15, -0.1) is 0 Å². The van der Waals surface area contributed by atoms with E-state index in [0.29, 0.717) is 23.0 Å². The van der Waals surface area contributed by atoms with Crippen molar-refractivity contribution < 1.29 is 9.53 Å². The van der Waals surface area contributed by atoms with Gasteiger partial charge in [-0.1, -0.05) is 54.1 Å². The number of nitrogens with one attached hydrogen (secondary N) is 1. The Labute approximate surface area is 195 Å². The highest BCUT2D eigenvalue weighted by Gasteiger charge is 2.12. The molecule has 0 saturated heterocycles. The second-order valence-corrected chi connectivity index (χ2v) is 7.92. The molecule has 0 saturated carbocycles. The van der Waals surface area contributed by atoms with Gasteiger partial charge in [0.1, 0.15) is 5.75 Å². The van der Waals surface area contributed by atoms with Crippen LogP contribution in [0.5, 0.6) is 5.75 Å². The van der Waals surface area contributed by atoms with Crippen LogP contribution in [0.3, 0.4) is 0 Å². The van der Waals surface area contributed by atoms with Gasteiger partial charge in [0.2, 0.25) is 0 Å². The first-order chi connectivity index (χ1) is 16.1. The molecule has 0 spiro atoms. The Bertz CT molecular complexity index is 1400. The fourth-order valence-corrected chi connectivity index (χ4v) is 3.67. The van der Waals surface area contributed by atoms with Crippen LogP contribution in [0.2, 0.25) is 5.02 Å². The minimum atomic E-state index is -0.315. The molecule has 0 unspecified atom stereocenters. The summed E-state index contributed by atoms with van der Waals surface area (Å²) in [5, 5.41) is 14.5. The molecule has 0 aliphatic rings.